The lowest BCUT2D eigenvalue weighted by atomic mass is 9.77. The van der Waals surface area contributed by atoms with E-state index in [1.165, 1.54) is 51.4 Å². The van der Waals surface area contributed by atoms with E-state index >= 15 is 0 Å². The van der Waals surface area contributed by atoms with E-state index in [1.54, 1.807) is 0 Å². The molecule has 100 valence electrons. The minimum Gasteiger partial charge on any atom is -0.378 e. The zero-order valence-corrected chi connectivity index (χ0v) is 11.6. The summed E-state index contributed by atoms with van der Waals surface area (Å²) in [5.41, 5.74) is 0. The average Bonchev–Trinajstić information content (AvgIpc) is 2.37. The first-order valence-corrected chi connectivity index (χ1v) is 7.58. The van der Waals surface area contributed by atoms with Crippen LogP contribution in [0.3, 0.4) is 0 Å². The van der Waals surface area contributed by atoms with Gasteiger partial charge in [0.1, 0.15) is 0 Å². The van der Waals surface area contributed by atoms with Crippen LogP contribution < -0.4 is 5.32 Å². The second kappa shape index (κ2) is 6.75. The Morgan fingerprint density at radius 2 is 2.06 bits per heavy atom. The fraction of sp³-hybridized carbons (Fsp3) is 1.00. The number of ether oxygens (including phenoxy) is 1. The standard InChI is InChI=1S/C15H29NO/c1-12-6-5-7-13(10-12)15(16-2)11-14-8-3-4-9-17-14/h12-16H,3-11H2,1-2H3. The third-order valence-electron chi connectivity index (χ3n) is 4.71. The molecule has 2 aliphatic rings. The summed E-state index contributed by atoms with van der Waals surface area (Å²) in [5.74, 6) is 1.81. The largest absolute Gasteiger partial charge is 0.378 e. The van der Waals surface area contributed by atoms with Crippen molar-refractivity contribution in [3.8, 4) is 0 Å². The molecule has 0 aromatic rings. The van der Waals surface area contributed by atoms with E-state index in [9.17, 15) is 0 Å². The van der Waals surface area contributed by atoms with E-state index < -0.39 is 0 Å². The van der Waals surface area contributed by atoms with Crippen LogP contribution in [0.5, 0.6) is 0 Å². The van der Waals surface area contributed by atoms with Gasteiger partial charge in [0, 0.05) is 12.6 Å². The minimum atomic E-state index is 0.526. The predicted molar refractivity (Wildman–Crippen MR) is 72.2 cm³/mol. The van der Waals surface area contributed by atoms with Crippen LogP contribution in [0.2, 0.25) is 0 Å². The molecule has 4 atom stereocenters. The zero-order valence-electron chi connectivity index (χ0n) is 11.6. The maximum absolute atomic E-state index is 5.89. The molecule has 1 saturated carbocycles. The van der Waals surface area contributed by atoms with Crippen LogP contribution in [-0.2, 0) is 4.74 Å². The second-order valence-electron chi connectivity index (χ2n) is 6.15. The van der Waals surface area contributed by atoms with Crippen LogP contribution in [0, 0.1) is 11.8 Å². The fourth-order valence-corrected chi connectivity index (χ4v) is 3.67. The SMILES string of the molecule is CNC(CC1CCCCO1)C1CCCC(C)C1. The highest BCUT2D eigenvalue weighted by molar-refractivity contribution is 4.83. The van der Waals surface area contributed by atoms with Crippen molar-refractivity contribution in [2.24, 2.45) is 11.8 Å². The molecule has 4 unspecified atom stereocenters. The number of nitrogens with one attached hydrogen (secondary N) is 1. The van der Waals surface area contributed by atoms with Crippen LogP contribution in [0.15, 0.2) is 0 Å². The summed E-state index contributed by atoms with van der Waals surface area (Å²) in [7, 11) is 2.13. The first kappa shape index (κ1) is 13.4. The molecule has 0 spiro atoms. The molecule has 1 saturated heterocycles. The lowest BCUT2D eigenvalue weighted by molar-refractivity contribution is -0.000657. The molecule has 0 radical (unpaired) electrons. The van der Waals surface area contributed by atoms with Crippen LogP contribution in [0.4, 0.5) is 0 Å². The smallest absolute Gasteiger partial charge is 0.0590 e. The quantitative estimate of drug-likeness (QED) is 0.812. The van der Waals surface area contributed by atoms with Crippen LogP contribution in [0.25, 0.3) is 0 Å². The van der Waals surface area contributed by atoms with Gasteiger partial charge in [-0.2, -0.15) is 0 Å². The molecule has 1 N–H and O–H groups in total. The summed E-state index contributed by atoms with van der Waals surface area (Å²) in [5, 5.41) is 3.56. The summed E-state index contributed by atoms with van der Waals surface area (Å²) in [6.07, 6.45) is 11.4. The third-order valence-corrected chi connectivity index (χ3v) is 4.71. The Hall–Kier alpha value is -0.0800. The Balaban J connectivity index is 1.82. The van der Waals surface area contributed by atoms with Crippen molar-refractivity contribution in [3.05, 3.63) is 0 Å². The predicted octanol–water partition coefficient (Wildman–Crippen LogP) is 3.36. The van der Waals surface area contributed by atoms with Gasteiger partial charge in [0.2, 0.25) is 0 Å². The van der Waals surface area contributed by atoms with Gasteiger partial charge in [-0.15, -0.1) is 0 Å². The normalized spacial score (nSPS) is 36.7. The summed E-state index contributed by atoms with van der Waals surface area (Å²) >= 11 is 0. The van der Waals surface area contributed by atoms with Gasteiger partial charge in [0.25, 0.3) is 0 Å². The van der Waals surface area contributed by atoms with Gasteiger partial charge in [-0.25, -0.2) is 0 Å². The first-order chi connectivity index (χ1) is 8.29. The molecule has 2 nitrogen and oxygen atoms in total. The lowest BCUT2D eigenvalue weighted by Gasteiger charge is -2.35. The van der Waals surface area contributed by atoms with E-state index in [0.717, 1.165) is 18.4 Å². The zero-order chi connectivity index (χ0) is 12.1. The molecule has 0 bridgehead atoms. The molecular weight excluding hydrogens is 210 g/mol. The Labute approximate surface area is 107 Å². The van der Waals surface area contributed by atoms with Gasteiger partial charge in [-0.05, 0) is 57.4 Å². The van der Waals surface area contributed by atoms with Gasteiger partial charge < -0.3 is 10.1 Å². The van der Waals surface area contributed by atoms with E-state index in [4.69, 9.17) is 4.74 Å². The van der Waals surface area contributed by atoms with Crippen molar-refractivity contribution < 1.29 is 4.74 Å². The Bertz CT molecular complexity index is 213. The Morgan fingerprint density at radius 3 is 2.71 bits per heavy atom. The molecule has 17 heavy (non-hydrogen) atoms. The minimum absolute atomic E-state index is 0.526. The van der Waals surface area contributed by atoms with Gasteiger partial charge >= 0.3 is 0 Å². The highest BCUT2D eigenvalue weighted by Gasteiger charge is 2.28. The molecule has 2 rings (SSSR count). The molecule has 1 aliphatic carbocycles. The van der Waals surface area contributed by atoms with Gasteiger partial charge in [0.15, 0.2) is 0 Å². The van der Waals surface area contributed by atoms with Crippen molar-refractivity contribution in [1.82, 2.24) is 5.32 Å². The van der Waals surface area contributed by atoms with Crippen molar-refractivity contribution in [3.63, 3.8) is 0 Å². The van der Waals surface area contributed by atoms with E-state index in [0.29, 0.717) is 12.1 Å². The lowest BCUT2D eigenvalue weighted by Crippen LogP contribution is -2.40. The molecule has 0 aromatic heterocycles. The maximum atomic E-state index is 5.89. The van der Waals surface area contributed by atoms with Crippen molar-refractivity contribution >= 4 is 0 Å². The van der Waals surface area contributed by atoms with Crippen molar-refractivity contribution in [2.45, 2.75) is 70.4 Å². The summed E-state index contributed by atoms with van der Waals surface area (Å²) in [4.78, 5) is 0. The monoisotopic (exact) mass is 239 g/mol. The molecular formula is C15H29NO. The first-order valence-electron chi connectivity index (χ1n) is 7.58. The molecule has 0 aromatic carbocycles. The Kier molecular flexibility index (Phi) is 5.30. The maximum Gasteiger partial charge on any atom is 0.0590 e. The van der Waals surface area contributed by atoms with Gasteiger partial charge in [-0.3, -0.25) is 0 Å². The second-order valence-corrected chi connectivity index (χ2v) is 6.15. The molecule has 2 heteroatoms. The van der Waals surface area contributed by atoms with Crippen LogP contribution in [-0.4, -0.2) is 25.8 Å². The Morgan fingerprint density at radius 1 is 1.18 bits per heavy atom. The third kappa shape index (κ3) is 3.96. The topological polar surface area (TPSA) is 21.3 Å². The molecule has 1 aliphatic heterocycles. The molecule has 0 amide bonds. The van der Waals surface area contributed by atoms with E-state index in [1.807, 2.05) is 0 Å². The summed E-state index contributed by atoms with van der Waals surface area (Å²) in [6.45, 7) is 3.40. The number of rotatable bonds is 4. The van der Waals surface area contributed by atoms with Gasteiger partial charge in [0.05, 0.1) is 6.10 Å². The average molecular weight is 239 g/mol. The highest BCUT2D eigenvalue weighted by Crippen LogP contribution is 2.33. The van der Waals surface area contributed by atoms with Crippen LogP contribution in [0.1, 0.15) is 58.3 Å². The number of hydrogen-bond acceptors (Lipinski definition) is 2. The van der Waals surface area contributed by atoms with E-state index in [-0.39, 0.29) is 0 Å². The summed E-state index contributed by atoms with van der Waals surface area (Å²) < 4.78 is 5.89. The highest BCUT2D eigenvalue weighted by atomic mass is 16.5. The summed E-state index contributed by atoms with van der Waals surface area (Å²) in [6, 6.07) is 0.681. The molecule has 2 fully saturated rings. The van der Waals surface area contributed by atoms with Gasteiger partial charge in [-0.1, -0.05) is 19.8 Å². The van der Waals surface area contributed by atoms with E-state index in [2.05, 4.69) is 19.3 Å². The molecule has 1 heterocycles. The van der Waals surface area contributed by atoms with Crippen molar-refractivity contribution in [1.29, 1.82) is 0 Å². The van der Waals surface area contributed by atoms with Crippen molar-refractivity contribution in [2.75, 3.05) is 13.7 Å². The van der Waals surface area contributed by atoms with Crippen LogP contribution >= 0.6 is 0 Å². The number of hydrogen-bond donors (Lipinski definition) is 1. The fourth-order valence-electron chi connectivity index (χ4n) is 3.67.